The molecule has 0 atom stereocenters. The zero-order chi connectivity index (χ0) is 16.5. The molecule has 2 rings (SSSR count). The second-order valence-corrected chi connectivity index (χ2v) is 4.95. The maximum Gasteiger partial charge on any atom is 0.416 e. The fourth-order valence-electron chi connectivity index (χ4n) is 1.91. The van der Waals surface area contributed by atoms with Crippen LogP contribution in [0.4, 0.5) is 13.2 Å². The Balaban J connectivity index is 2.46. The first kappa shape index (κ1) is 16.3. The van der Waals surface area contributed by atoms with Gasteiger partial charge in [0.25, 0.3) is 0 Å². The third kappa shape index (κ3) is 3.22. The number of carbonyl (C=O) groups is 1. The standard InChI is InChI=1S/C15H11ClF3NO2/c1-8-3-4-9(7-10(8)15(17,18)19)13(21)12-6-5-11(16)14(20-12)22-2/h3-7H,1-2H3. The van der Waals surface area contributed by atoms with Gasteiger partial charge in [-0.2, -0.15) is 13.2 Å². The lowest BCUT2D eigenvalue weighted by Gasteiger charge is -2.11. The van der Waals surface area contributed by atoms with Crippen molar-refractivity contribution >= 4 is 17.4 Å². The summed E-state index contributed by atoms with van der Waals surface area (Å²) < 4.78 is 43.6. The average Bonchev–Trinajstić information content (AvgIpc) is 2.46. The Morgan fingerprint density at radius 3 is 2.50 bits per heavy atom. The van der Waals surface area contributed by atoms with E-state index < -0.39 is 17.5 Å². The Hall–Kier alpha value is -2.08. The van der Waals surface area contributed by atoms with E-state index in [1.807, 2.05) is 0 Å². The molecular weight excluding hydrogens is 319 g/mol. The van der Waals surface area contributed by atoms with Crippen LogP contribution in [0.15, 0.2) is 30.3 Å². The molecule has 22 heavy (non-hydrogen) atoms. The SMILES string of the molecule is COc1nc(C(=O)c2ccc(C)c(C(F)(F)F)c2)ccc1Cl. The molecular formula is C15H11ClF3NO2. The summed E-state index contributed by atoms with van der Waals surface area (Å²) in [5.41, 5.74) is -0.946. The van der Waals surface area contributed by atoms with Gasteiger partial charge in [0.1, 0.15) is 10.7 Å². The van der Waals surface area contributed by atoms with Gasteiger partial charge in [0.15, 0.2) is 0 Å². The highest BCUT2D eigenvalue weighted by molar-refractivity contribution is 6.31. The number of carbonyl (C=O) groups excluding carboxylic acids is 1. The number of ketones is 1. The minimum atomic E-state index is -4.52. The van der Waals surface area contributed by atoms with Gasteiger partial charge < -0.3 is 4.74 Å². The first-order chi connectivity index (χ1) is 10.2. The van der Waals surface area contributed by atoms with Crippen LogP contribution in [0.1, 0.15) is 27.2 Å². The maximum atomic E-state index is 12.9. The van der Waals surface area contributed by atoms with E-state index in [1.54, 1.807) is 0 Å². The molecule has 7 heteroatoms. The van der Waals surface area contributed by atoms with Crippen LogP contribution >= 0.6 is 11.6 Å². The van der Waals surface area contributed by atoms with Gasteiger partial charge >= 0.3 is 6.18 Å². The molecule has 0 unspecified atom stereocenters. The zero-order valence-corrected chi connectivity index (χ0v) is 12.4. The van der Waals surface area contributed by atoms with Gasteiger partial charge in [-0.15, -0.1) is 0 Å². The summed E-state index contributed by atoms with van der Waals surface area (Å²) in [6, 6.07) is 6.14. The number of rotatable bonds is 3. The van der Waals surface area contributed by atoms with Crippen molar-refractivity contribution in [2.45, 2.75) is 13.1 Å². The highest BCUT2D eigenvalue weighted by atomic mass is 35.5. The Kier molecular flexibility index (Phi) is 4.42. The lowest BCUT2D eigenvalue weighted by Crippen LogP contribution is -2.11. The highest BCUT2D eigenvalue weighted by Gasteiger charge is 2.33. The third-order valence-electron chi connectivity index (χ3n) is 3.04. The maximum absolute atomic E-state index is 12.9. The number of nitrogens with zero attached hydrogens (tertiary/aromatic N) is 1. The third-order valence-corrected chi connectivity index (χ3v) is 3.33. The van der Waals surface area contributed by atoms with Gasteiger partial charge in [-0.1, -0.05) is 23.7 Å². The number of hydrogen-bond acceptors (Lipinski definition) is 3. The van der Waals surface area contributed by atoms with Crippen molar-refractivity contribution in [2.75, 3.05) is 7.11 Å². The van der Waals surface area contributed by atoms with Gasteiger partial charge in [0.05, 0.1) is 12.7 Å². The van der Waals surface area contributed by atoms with Crippen molar-refractivity contribution in [2.24, 2.45) is 0 Å². The largest absolute Gasteiger partial charge is 0.480 e. The number of benzene rings is 1. The van der Waals surface area contributed by atoms with Crippen molar-refractivity contribution in [3.8, 4) is 5.88 Å². The summed E-state index contributed by atoms with van der Waals surface area (Å²) >= 11 is 5.81. The van der Waals surface area contributed by atoms with Gasteiger partial charge in [-0.05, 0) is 30.7 Å². The average molecular weight is 330 g/mol. The number of methoxy groups -OCH3 is 1. The molecule has 0 saturated heterocycles. The summed E-state index contributed by atoms with van der Waals surface area (Å²) in [6.45, 7) is 1.33. The van der Waals surface area contributed by atoms with Crippen LogP contribution in [0.25, 0.3) is 0 Å². The molecule has 0 aliphatic rings. The number of ether oxygens (including phenoxy) is 1. The molecule has 116 valence electrons. The lowest BCUT2D eigenvalue weighted by molar-refractivity contribution is -0.138. The van der Waals surface area contributed by atoms with E-state index in [2.05, 4.69) is 4.98 Å². The fourth-order valence-corrected chi connectivity index (χ4v) is 2.09. The first-order valence-corrected chi connectivity index (χ1v) is 6.55. The monoisotopic (exact) mass is 329 g/mol. The van der Waals surface area contributed by atoms with Crippen LogP contribution in [0, 0.1) is 6.92 Å². The smallest absolute Gasteiger partial charge is 0.416 e. The van der Waals surface area contributed by atoms with Crippen molar-refractivity contribution in [3.63, 3.8) is 0 Å². The summed E-state index contributed by atoms with van der Waals surface area (Å²) in [5, 5.41) is 0.207. The van der Waals surface area contributed by atoms with Crippen LogP contribution in [-0.4, -0.2) is 17.9 Å². The summed E-state index contributed by atoms with van der Waals surface area (Å²) in [5.74, 6) is -0.601. The number of aromatic nitrogens is 1. The molecule has 0 fully saturated rings. The molecule has 1 aromatic carbocycles. The quantitative estimate of drug-likeness (QED) is 0.788. The van der Waals surface area contributed by atoms with E-state index in [-0.39, 0.29) is 27.7 Å². The Morgan fingerprint density at radius 1 is 1.23 bits per heavy atom. The van der Waals surface area contributed by atoms with Crippen LogP contribution in [0.2, 0.25) is 5.02 Å². The van der Waals surface area contributed by atoms with E-state index in [0.717, 1.165) is 6.07 Å². The molecule has 0 spiro atoms. The lowest BCUT2D eigenvalue weighted by atomic mass is 10.0. The van der Waals surface area contributed by atoms with Crippen molar-refractivity contribution in [3.05, 3.63) is 57.7 Å². The van der Waals surface area contributed by atoms with E-state index in [4.69, 9.17) is 16.3 Å². The Labute approximate surface area is 129 Å². The fraction of sp³-hybridized carbons (Fsp3) is 0.200. The van der Waals surface area contributed by atoms with Gasteiger partial charge in [0, 0.05) is 5.56 Å². The number of hydrogen-bond donors (Lipinski definition) is 0. The molecule has 0 amide bonds. The summed E-state index contributed by atoms with van der Waals surface area (Å²) in [6.07, 6.45) is -4.52. The zero-order valence-electron chi connectivity index (χ0n) is 11.7. The van der Waals surface area contributed by atoms with Gasteiger partial charge in [-0.3, -0.25) is 4.79 Å². The van der Waals surface area contributed by atoms with Crippen LogP contribution in [-0.2, 0) is 6.18 Å². The Morgan fingerprint density at radius 2 is 1.91 bits per heavy atom. The molecule has 0 radical (unpaired) electrons. The van der Waals surface area contributed by atoms with E-state index in [1.165, 1.54) is 38.3 Å². The predicted octanol–water partition coefficient (Wildman–Crippen LogP) is 4.30. The van der Waals surface area contributed by atoms with Crippen LogP contribution < -0.4 is 4.74 Å². The van der Waals surface area contributed by atoms with Crippen molar-refractivity contribution in [1.29, 1.82) is 0 Å². The van der Waals surface area contributed by atoms with E-state index in [9.17, 15) is 18.0 Å². The minimum absolute atomic E-state index is 0.0377. The summed E-state index contributed by atoms with van der Waals surface area (Å²) in [7, 11) is 1.33. The van der Waals surface area contributed by atoms with Crippen LogP contribution in [0.5, 0.6) is 5.88 Å². The molecule has 0 bridgehead atoms. The number of aryl methyl sites for hydroxylation is 1. The number of pyridine rings is 1. The van der Waals surface area contributed by atoms with E-state index in [0.29, 0.717) is 0 Å². The molecule has 2 aromatic rings. The van der Waals surface area contributed by atoms with Gasteiger partial charge in [-0.25, -0.2) is 4.98 Å². The molecule has 0 saturated carbocycles. The first-order valence-electron chi connectivity index (χ1n) is 6.17. The second-order valence-electron chi connectivity index (χ2n) is 4.54. The Bertz CT molecular complexity index is 729. The molecule has 1 heterocycles. The molecule has 0 aliphatic heterocycles. The second kappa shape index (κ2) is 5.96. The minimum Gasteiger partial charge on any atom is -0.480 e. The van der Waals surface area contributed by atoms with Crippen LogP contribution in [0.3, 0.4) is 0 Å². The number of alkyl halides is 3. The molecule has 3 nitrogen and oxygen atoms in total. The normalized spacial score (nSPS) is 11.4. The van der Waals surface area contributed by atoms with Crippen molar-refractivity contribution < 1.29 is 22.7 Å². The predicted molar refractivity (Wildman–Crippen MR) is 75.4 cm³/mol. The highest BCUT2D eigenvalue weighted by Crippen LogP contribution is 2.33. The molecule has 1 aromatic heterocycles. The topological polar surface area (TPSA) is 39.2 Å². The number of halogens is 4. The van der Waals surface area contributed by atoms with Gasteiger partial charge in [0.2, 0.25) is 11.7 Å². The van der Waals surface area contributed by atoms with E-state index >= 15 is 0 Å². The van der Waals surface area contributed by atoms with Crippen molar-refractivity contribution in [1.82, 2.24) is 4.98 Å². The molecule has 0 N–H and O–H groups in total. The molecule has 0 aliphatic carbocycles. The summed E-state index contributed by atoms with van der Waals surface area (Å²) in [4.78, 5) is 16.2.